The van der Waals surface area contributed by atoms with Gasteiger partial charge in [0.1, 0.15) is 5.75 Å². The van der Waals surface area contributed by atoms with Crippen LogP contribution in [0.3, 0.4) is 0 Å². The van der Waals surface area contributed by atoms with E-state index < -0.39 is 0 Å². The number of hydrogen-bond acceptors (Lipinski definition) is 5. The predicted molar refractivity (Wildman–Crippen MR) is 85.9 cm³/mol. The Bertz CT molecular complexity index is 632. The van der Waals surface area contributed by atoms with Crippen molar-refractivity contribution >= 4 is 11.9 Å². The van der Waals surface area contributed by atoms with E-state index in [1.165, 1.54) is 12.2 Å². The average molecular weight is 333 g/mol. The van der Waals surface area contributed by atoms with E-state index in [-0.39, 0.29) is 35.7 Å². The van der Waals surface area contributed by atoms with Crippen molar-refractivity contribution in [3.8, 4) is 5.75 Å². The molecule has 2 aliphatic rings. The van der Waals surface area contributed by atoms with E-state index >= 15 is 0 Å². The molecule has 0 bridgehead atoms. The number of hydrogen-bond donors (Lipinski definition) is 0. The highest BCUT2D eigenvalue weighted by Gasteiger charge is 2.45. The monoisotopic (exact) mass is 333 g/mol. The van der Waals surface area contributed by atoms with Gasteiger partial charge in [0.05, 0.1) is 32.3 Å². The summed E-state index contributed by atoms with van der Waals surface area (Å²) >= 11 is 0. The smallest absolute Gasteiger partial charge is 0.308 e. The first-order valence-corrected chi connectivity index (χ1v) is 8.28. The maximum atomic E-state index is 12.9. The van der Waals surface area contributed by atoms with Crippen LogP contribution in [0.4, 0.5) is 0 Å². The normalized spacial score (nSPS) is 24.4. The minimum Gasteiger partial charge on any atom is -0.493 e. The maximum Gasteiger partial charge on any atom is 0.308 e. The second-order valence-electron chi connectivity index (χ2n) is 6.57. The van der Waals surface area contributed by atoms with Crippen molar-refractivity contribution in [1.29, 1.82) is 0 Å². The van der Waals surface area contributed by atoms with E-state index in [0.29, 0.717) is 19.6 Å². The summed E-state index contributed by atoms with van der Waals surface area (Å²) in [4.78, 5) is 30.1. The Labute approximate surface area is 141 Å². The van der Waals surface area contributed by atoms with Gasteiger partial charge in [0.25, 0.3) is 0 Å². The minimum absolute atomic E-state index is 0.102. The second-order valence-corrected chi connectivity index (χ2v) is 6.57. The van der Waals surface area contributed by atoms with Crippen molar-refractivity contribution in [3.63, 3.8) is 0 Å². The van der Waals surface area contributed by atoms with Gasteiger partial charge in [-0.25, -0.2) is 5.06 Å². The van der Waals surface area contributed by atoms with Gasteiger partial charge in [-0.3, -0.25) is 14.4 Å². The lowest BCUT2D eigenvalue weighted by Gasteiger charge is -2.32. The maximum absolute atomic E-state index is 12.9. The summed E-state index contributed by atoms with van der Waals surface area (Å²) in [6.45, 7) is 4.60. The third kappa shape index (κ3) is 2.98. The first kappa shape index (κ1) is 16.8. The summed E-state index contributed by atoms with van der Waals surface area (Å²) in [5, 5.41) is 1.49. The lowest BCUT2D eigenvalue weighted by molar-refractivity contribution is -0.182. The Morgan fingerprint density at radius 3 is 2.75 bits per heavy atom. The van der Waals surface area contributed by atoms with Crippen molar-refractivity contribution in [2.45, 2.75) is 26.3 Å². The van der Waals surface area contributed by atoms with Gasteiger partial charge in [-0.05, 0) is 12.5 Å². The van der Waals surface area contributed by atoms with Crippen LogP contribution in [-0.2, 0) is 19.2 Å². The molecule has 0 aliphatic carbocycles. The highest BCUT2D eigenvalue weighted by atomic mass is 16.7. The van der Waals surface area contributed by atoms with Gasteiger partial charge in [-0.2, -0.15) is 0 Å². The van der Waals surface area contributed by atoms with Crippen LogP contribution in [0.25, 0.3) is 0 Å². The minimum atomic E-state index is -0.326. The van der Waals surface area contributed by atoms with Crippen molar-refractivity contribution in [2.24, 2.45) is 17.8 Å². The molecule has 0 saturated carbocycles. The largest absolute Gasteiger partial charge is 0.493 e. The van der Waals surface area contributed by atoms with Crippen molar-refractivity contribution in [3.05, 3.63) is 29.8 Å². The highest BCUT2D eigenvalue weighted by molar-refractivity contribution is 5.80. The van der Waals surface area contributed by atoms with Crippen LogP contribution in [0.15, 0.2) is 24.3 Å². The highest BCUT2D eigenvalue weighted by Crippen LogP contribution is 2.43. The van der Waals surface area contributed by atoms with Gasteiger partial charge in [-0.15, -0.1) is 0 Å². The third-order valence-corrected chi connectivity index (χ3v) is 4.77. The number of fused-ring (bicyclic) bond motifs is 3. The van der Waals surface area contributed by atoms with Crippen LogP contribution in [0, 0.1) is 17.8 Å². The zero-order valence-corrected chi connectivity index (χ0v) is 14.2. The van der Waals surface area contributed by atoms with E-state index in [2.05, 4.69) is 0 Å². The molecular formula is C18H23NO5. The van der Waals surface area contributed by atoms with Gasteiger partial charge in [-0.1, -0.05) is 32.0 Å². The molecule has 130 valence electrons. The molecule has 4 atom stereocenters. The number of rotatable bonds is 4. The molecule has 0 N–H and O–H groups in total. The molecular weight excluding hydrogens is 310 g/mol. The summed E-state index contributed by atoms with van der Waals surface area (Å²) in [5.74, 6) is -0.116. The summed E-state index contributed by atoms with van der Waals surface area (Å²) in [5.41, 5.74) is 0.979. The molecule has 1 aromatic carbocycles. The van der Waals surface area contributed by atoms with E-state index in [1.807, 2.05) is 31.2 Å². The number of amides is 1. The number of carbonyl (C=O) groups excluding carboxylic acids is 2. The number of esters is 1. The van der Waals surface area contributed by atoms with Gasteiger partial charge in [0.2, 0.25) is 5.91 Å². The fraction of sp³-hybridized carbons (Fsp3) is 0.556. The summed E-state index contributed by atoms with van der Waals surface area (Å²) < 4.78 is 10.5. The molecule has 0 radical (unpaired) electrons. The van der Waals surface area contributed by atoms with Gasteiger partial charge < -0.3 is 9.47 Å². The Balaban J connectivity index is 1.75. The van der Waals surface area contributed by atoms with E-state index in [4.69, 9.17) is 14.3 Å². The zero-order valence-electron chi connectivity index (χ0n) is 14.2. The fourth-order valence-corrected chi connectivity index (χ4v) is 3.46. The SMILES string of the molecule is COC(=O)[C@H](C)C[C@H](C)C(=O)N1OC[C@@H]2COc3ccccc3[C@@H]21. The number of para-hydroxylation sites is 1. The lowest BCUT2D eigenvalue weighted by atomic mass is 9.90. The molecule has 3 rings (SSSR count). The Morgan fingerprint density at radius 1 is 1.25 bits per heavy atom. The van der Waals surface area contributed by atoms with E-state index in [1.54, 1.807) is 6.92 Å². The first-order valence-electron chi connectivity index (χ1n) is 8.28. The lowest BCUT2D eigenvalue weighted by Crippen LogP contribution is -2.38. The van der Waals surface area contributed by atoms with Crippen molar-refractivity contribution in [2.75, 3.05) is 20.3 Å². The molecule has 6 heteroatoms. The fourth-order valence-electron chi connectivity index (χ4n) is 3.46. The average Bonchev–Trinajstić information content (AvgIpc) is 3.04. The number of nitrogens with zero attached hydrogens (tertiary/aromatic N) is 1. The molecule has 0 spiro atoms. The van der Waals surface area contributed by atoms with Crippen molar-refractivity contribution in [1.82, 2.24) is 5.06 Å². The van der Waals surface area contributed by atoms with Crippen LogP contribution in [-0.4, -0.2) is 37.3 Å². The number of methoxy groups -OCH3 is 1. The van der Waals surface area contributed by atoms with Gasteiger partial charge >= 0.3 is 5.97 Å². The molecule has 2 heterocycles. The first-order chi connectivity index (χ1) is 11.5. The summed E-state index contributed by atoms with van der Waals surface area (Å²) in [6.07, 6.45) is 0.431. The quantitative estimate of drug-likeness (QED) is 0.791. The topological polar surface area (TPSA) is 65.1 Å². The van der Waals surface area contributed by atoms with Crippen LogP contribution < -0.4 is 4.74 Å². The molecule has 1 aromatic rings. The van der Waals surface area contributed by atoms with Crippen LogP contribution in [0.1, 0.15) is 31.9 Å². The molecule has 0 unspecified atom stereocenters. The Hall–Kier alpha value is -2.08. The molecule has 1 amide bonds. The summed E-state index contributed by atoms with van der Waals surface area (Å²) in [6, 6.07) is 7.62. The molecule has 1 saturated heterocycles. The molecule has 1 fully saturated rings. The molecule has 24 heavy (non-hydrogen) atoms. The second kappa shape index (κ2) is 6.81. The number of benzene rings is 1. The summed E-state index contributed by atoms with van der Waals surface area (Å²) in [7, 11) is 1.36. The van der Waals surface area contributed by atoms with E-state index in [9.17, 15) is 9.59 Å². The van der Waals surface area contributed by atoms with Crippen LogP contribution in [0.2, 0.25) is 0 Å². The Morgan fingerprint density at radius 2 is 2.00 bits per heavy atom. The van der Waals surface area contributed by atoms with Gasteiger partial charge in [0, 0.05) is 17.4 Å². The number of hydroxylamine groups is 2. The van der Waals surface area contributed by atoms with Gasteiger partial charge in [0.15, 0.2) is 0 Å². The third-order valence-electron chi connectivity index (χ3n) is 4.77. The van der Waals surface area contributed by atoms with Crippen LogP contribution >= 0.6 is 0 Å². The van der Waals surface area contributed by atoms with Crippen LogP contribution in [0.5, 0.6) is 5.75 Å². The number of carbonyl (C=O) groups is 2. The number of ether oxygens (including phenoxy) is 2. The van der Waals surface area contributed by atoms with E-state index in [0.717, 1.165) is 11.3 Å². The Kier molecular flexibility index (Phi) is 4.76. The molecule has 0 aromatic heterocycles. The molecule has 2 aliphatic heterocycles. The van der Waals surface area contributed by atoms with Crippen molar-refractivity contribution < 1.29 is 23.9 Å². The zero-order chi connectivity index (χ0) is 17.3. The predicted octanol–water partition coefficient (Wildman–Crippen LogP) is 2.35. The standard InChI is InChI=1S/C18H23NO5/c1-11(8-12(2)18(21)22-3)17(20)19-16-13(10-24-19)9-23-15-7-5-4-6-14(15)16/h4-7,11-13,16H,8-10H2,1-3H3/t11-,12+,13-,16+/m0/s1. The molecule has 6 nitrogen and oxygen atoms in total.